The summed E-state index contributed by atoms with van der Waals surface area (Å²) in [6, 6.07) is 2.33. The summed E-state index contributed by atoms with van der Waals surface area (Å²) < 4.78 is 0. The molecule has 0 fully saturated rings. The summed E-state index contributed by atoms with van der Waals surface area (Å²) in [5.41, 5.74) is -0.538. The molecule has 0 radical (unpaired) electrons. The lowest BCUT2D eigenvalue weighted by atomic mass is 10.1. The maximum atomic E-state index is 11.9. The van der Waals surface area contributed by atoms with Crippen molar-refractivity contribution in [2.45, 2.75) is 19.4 Å². The maximum absolute atomic E-state index is 11.9. The molecule has 3 N–H and O–H groups in total. The van der Waals surface area contributed by atoms with E-state index in [0.29, 0.717) is 0 Å². The molecule has 1 aromatic rings. The third kappa shape index (κ3) is 4.00. The molecule has 0 saturated heterocycles. The molecule has 0 heterocycles. The fourth-order valence-corrected chi connectivity index (χ4v) is 1.70. The van der Waals surface area contributed by atoms with Gasteiger partial charge in [0.15, 0.2) is 0 Å². The number of nitro benzene ring substituents is 1. The van der Waals surface area contributed by atoms with Crippen LogP contribution in [0.3, 0.4) is 0 Å². The first-order valence-electron chi connectivity index (χ1n) is 5.73. The van der Waals surface area contributed by atoms with E-state index < -0.39 is 40.9 Å². The number of amides is 1. The zero-order valence-electron chi connectivity index (χ0n) is 10.9. The molecule has 0 saturated carbocycles. The molecule has 0 unspecified atom stereocenters. The molecule has 112 valence electrons. The Bertz CT molecular complexity index is 612. The van der Waals surface area contributed by atoms with Crippen LogP contribution in [0.5, 0.6) is 0 Å². The summed E-state index contributed by atoms with van der Waals surface area (Å²) in [4.78, 5) is 43.6. The molecule has 9 heteroatoms. The number of para-hydroxylation sites is 1. The molecule has 1 atom stereocenters. The molecular formula is C12H12N2O7. The van der Waals surface area contributed by atoms with Gasteiger partial charge in [0.2, 0.25) is 0 Å². The van der Waals surface area contributed by atoms with Gasteiger partial charge in [-0.25, -0.2) is 4.79 Å². The Kier molecular flexibility index (Phi) is 4.95. The number of hydrogen-bond acceptors (Lipinski definition) is 5. The summed E-state index contributed by atoms with van der Waals surface area (Å²) in [7, 11) is 0. The zero-order valence-corrected chi connectivity index (χ0v) is 10.9. The van der Waals surface area contributed by atoms with E-state index in [1.54, 1.807) is 0 Å². The summed E-state index contributed by atoms with van der Waals surface area (Å²) in [5.74, 6) is -3.97. The Morgan fingerprint density at radius 3 is 2.43 bits per heavy atom. The van der Waals surface area contributed by atoms with E-state index in [2.05, 4.69) is 0 Å². The van der Waals surface area contributed by atoms with Crippen LogP contribution in [-0.2, 0) is 9.59 Å². The van der Waals surface area contributed by atoms with Crippen LogP contribution in [0.2, 0.25) is 0 Å². The van der Waals surface area contributed by atoms with Gasteiger partial charge in [-0.3, -0.25) is 19.7 Å². The van der Waals surface area contributed by atoms with Crippen LogP contribution in [0.4, 0.5) is 5.69 Å². The minimum absolute atomic E-state index is 0.234. The van der Waals surface area contributed by atoms with Gasteiger partial charge in [0.05, 0.1) is 11.3 Å². The lowest BCUT2D eigenvalue weighted by molar-refractivity contribution is -0.385. The van der Waals surface area contributed by atoms with Gasteiger partial charge in [0.1, 0.15) is 11.6 Å². The first-order chi connectivity index (χ1) is 9.73. The highest BCUT2D eigenvalue weighted by Gasteiger charge is 2.28. The minimum atomic E-state index is -1.67. The van der Waals surface area contributed by atoms with Crippen molar-refractivity contribution in [2.75, 3.05) is 0 Å². The van der Waals surface area contributed by atoms with E-state index >= 15 is 0 Å². The van der Waals surface area contributed by atoms with E-state index in [0.717, 1.165) is 0 Å². The number of nitro groups is 1. The first-order valence-corrected chi connectivity index (χ1v) is 5.73. The van der Waals surface area contributed by atoms with Crippen LogP contribution in [0.15, 0.2) is 18.2 Å². The normalized spacial score (nSPS) is 11.5. The molecule has 0 aromatic heterocycles. The highest BCUT2D eigenvalue weighted by molar-refractivity contribution is 6.00. The highest BCUT2D eigenvalue weighted by atomic mass is 16.6. The topological polar surface area (TPSA) is 147 Å². The van der Waals surface area contributed by atoms with Crippen molar-refractivity contribution in [2.24, 2.45) is 0 Å². The monoisotopic (exact) mass is 296 g/mol. The van der Waals surface area contributed by atoms with E-state index in [1.807, 2.05) is 5.32 Å². The van der Waals surface area contributed by atoms with Crippen molar-refractivity contribution in [3.05, 3.63) is 39.4 Å². The Morgan fingerprint density at radius 1 is 1.33 bits per heavy atom. The van der Waals surface area contributed by atoms with Crippen LogP contribution in [0, 0.1) is 17.0 Å². The van der Waals surface area contributed by atoms with Crippen LogP contribution in [0.25, 0.3) is 0 Å². The lowest BCUT2D eigenvalue weighted by Gasteiger charge is -2.12. The number of carboxylic acid groups (broad SMARTS) is 2. The molecule has 1 amide bonds. The molecule has 1 rings (SSSR count). The number of benzene rings is 1. The smallest absolute Gasteiger partial charge is 0.326 e. The number of nitrogens with zero attached hydrogens (tertiary/aromatic N) is 1. The standard InChI is InChI=1S/C12H12N2O7/c1-6-3-2-4-7(10(6)14(20)21)11(17)13-8(12(18)19)5-9(15)16/h2-4,8H,5H2,1H3,(H,13,17)(H,15,16)(H,18,19)/t8-/m1/s1. The summed E-state index contributed by atoms with van der Waals surface area (Å²) in [6.45, 7) is 1.43. The third-order valence-electron chi connectivity index (χ3n) is 2.65. The molecule has 0 aliphatic carbocycles. The van der Waals surface area contributed by atoms with Gasteiger partial charge in [0.25, 0.3) is 11.6 Å². The third-order valence-corrected chi connectivity index (χ3v) is 2.65. The van der Waals surface area contributed by atoms with Gasteiger partial charge in [-0.1, -0.05) is 12.1 Å². The Morgan fingerprint density at radius 2 is 1.95 bits per heavy atom. The molecule has 0 spiro atoms. The first kappa shape index (κ1) is 16.1. The van der Waals surface area contributed by atoms with Gasteiger partial charge in [-0.15, -0.1) is 0 Å². The van der Waals surface area contributed by atoms with E-state index in [1.165, 1.54) is 25.1 Å². The Hall–Kier alpha value is -2.97. The molecule has 0 aliphatic heterocycles. The summed E-state index contributed by atoms with van der Waals surface area (Å²) in [5, 5.41) is 30.3. The molecular weight excluding hydrogens is 284 g/mol. The molecule has 1 aromatic carbocycles. The van der Waals surface area contributed by atoms with Gasteiger partial charge in [-0.05, 0) is 13.0 Å². The van der Waals surface area contributed by atoms with Crippen LogP contribution in [-0.4, -0.2) is 39.0 Å². The van der Waals surface area contributed by atoms with Crippen molar-refractivity contribution in [3.8, 4) is 0 Å². The lowest BCUT2D eigenvalue weighted by Crippen LogP contribution is -2.42. The molecule has 21 heavy (non-hydrogen) atoms. The predicted molar refractivity (Wildman–Crippen MR) is 69.0 cm³/mol. The van der Waals surface area contributed by atoms with Gasteiger partial charge >= 0.3 is 11.9 Å². The predicted octanol–water partition coefficient (Wildman–Crippen LogP) is 0.561. The second kappa shape index (κ2) is 6.46. The second-order valence-corrected chi connectivity index (χ2v) is 4.19. The number of carbonyl (C=O) groups is 3. The summed E-state index contributed by atoms with van der Waals surface area (Å²) in [6.07, 6.45) is -0.833. The molecule has 0 bridgehead atoms. The summed E-state index contributed by atoms with van der Waals surface area (Å²) >= 11 is 0. The fraction of sp³-hybridized carbons (Fsp3) is 0.250. The second-order valence-electron chi connectivity index (χ2n) is 4.19. The van der Waals surface area contributed by atoms with Crippen molar-refractivity contribution < 1.29 is 29.5 Å². The Labute approximate surface area is 118 Å². The number of hydrogen-bond donors (Lipinski definition) is 3. The van der Waals surface area contributed by atoms with Crippen molar-refractivity contribution in [3.63, 3.8) is 0 Å². The molecule has 0 aliphatic rings. The average molecular weight is 296 g/mol. The zero-order chi connectivity index (χ0) is 16.2. The minimum Gasteiger partial charge on any atom is -0.481 e. The fourth-order valence-electron chi connectivity index (χ4n) is 1.70. The van der Waals surface area contributed by atoms with E-state index in [4.69, 9.17) is 10.2 Å². The van der Waals surface area contributed by atoms with E-state index in [-0.39, 0.29) is 11.1 Å². The quantitative estimate of drug-likeness (QED) is 0.513. The van der Waals surface area contributed by atoms with Gasteiger partial charge < -0.3 is 15.5 Å². The van der Waals surface area contributed by atoms with Crippen LogP contribution >= 0.6 is 0 Å². The number of carbonyl (C=O) groups excluding carboxylic acids is 1. The largest absolute Gasteiger partial charge is 0.481 e. The number of nitrogens with one attached hydrogen (secondary N) is 1. The van der Waals surface area contributed by atoms with Crippen LogP contribution < -0.4 is 5.32 Å². The number of aliphatic carboxylic acids is 2. The maximum Gasteiger partial charge on any atom is 0.326 e. The van der Waals surface area contributed by atoms with Crippen LogP contribution in [0.1, 0.15) is 22.3 Å². The number of carboxylic acids is 2. The van der Waals surface area contributed by atoms with Gasteiger partial charge in [0, 0.05) is 5.56 Å². The Balaban J connectivity index is 3.09. The average Bonchev–Trinajstić information content (AvgIpc) is 2.36. The number of rotatable bonds is 6. The van der Waals surface area contributed by atoms with Crippen molar-refractivity contribution in [1.29, 1.82) is 0 Å². The van der Waals surface area contributed by atoms with Gasteiger partial charge in [-0.2, -0.15) is 0 Å². The number of aryl methyl sites for hydroxylation is 1. The molecule has 9 nitrogen and oxygen atoms in total. The van der Waals surface area contributed by atoms with Crippen molar-refractivity contribution in [1.82, 2.24) is 5.32 Å². The van der Waals surface area contributed by atoms with Crippen molar-refractivity contribution >= 4 is 23.5 Å². The van der Waals surface area contributed by atoms with E-state index in [9.17, 15) is 24.5 Å². The SMILES string of the molecule is Cc1cccc(C(=O)N[C@H](CC(=O)O)C(=O)O)c1[N+](=O)[O-]. The highest BCUT2D eigenvalue weighted by Crippen LogP contribution is 2.23.